The van der Waals surface area contributed by atoms with Crippen LogP contribution in [0.5, 0.6) is 5.75 Å². The molecular formula is C28H28O4. The van der Waals surface area contributed by atoms with E-state index in [1.165, 1.54) is 18.2 Å². The first-order valence-corrected chi connectivity index (χ1v) is 10.8. The van der Waals surface area contributed by atoms with Crippen LogP contribution in [0, 0.1) is 11.8 Å². The second-order valence-corrected chi connectivity index (χ2v) is 7.46. The van der Waals surface area contributed by atoms with Crippen LogP contribution in [-0.4, -0.2) is 30.9 Å². The van der Waals surface area contributed by atoms with Gasteiger partial charge in [-0.1, -0.05) is 66.4 Å². The van der Waals surface area contributed by atoms with E-state index in [0.717, 1.165) is 36.1 Å². The largest absolute Gasteiger partial charge is 0.494 e. The minimum Gasteiger partial charge on any atom is -0.494 e. The quantitative estimate of drug-likeness (QED) is 0.337. The highest BCUT2D eigenvalue weighted by atomic mass is 16.5. The molecule has 4 heteroatoms. The molecule has 0 amide bonds. The summed E-state index contributed by atoms with van der Waals surface area (Å²) in [6, 6.07) is 26.1. The number of benzene rings is 3. The first kappa shape index (κ1) is 23.1. The lowest BCUT2D eigenvalue weighted by molar-refractivity contribution is -0.148. The van der Waals surface area contributed by atoms with Crippen molar-refractivity contribution in [1.82, 2.24) is 0 Å². The van der Waals surface area contributed by atoms with Crippen LogP contribution in [0.15, 0.2) is 78.9 Å². The molecule has 0 aromatic heterocycles. The number of rotatable bonds is 10. The van der Waals surface area contributed by atoms with E-state index >= 15 is 0 Å². The first-order chi connectivity index (χ1) is 15.7. The molecule has 0 aliphatic carbocycles. The fourth-order valence-electron chi connectivity index (χ4n) is 3.25. The van der Waals surface area contributed by atoms with Crippen molar-refractivity contribution >= 4 is 5.97 Å². The second-order valence-electron chi connectivity index (χ2n) is 7.46. The van der Waals surface area contributed by atoms with Crippen molar-refractivity contribution in [2.45, 2.75) is 31.8 Å². The van der Waals surface area contributed by atoms with Gasteiger partial charge in [0.25, 0.3) is 0 Å². The number of carboxylic acid groups (broad SMARTS) is 1. The van der Waals surface area contributed by atoms with E-state index in [1.54, 1.807) is 0 Å². The monoisotopic (exact) mass is 428 g/mol. The average molecular weight is 429 g/mol. The Hall–Kier alpha value is -3.55. The molecule has 3 rings (SSSR count). The molecule has 1 atom stereocenters. The summed E-state index contributed by atoms with van der Waals surface area (Å²) in [6.45, 7) is 0.672. The first-order valence-electron chi connectivity index (χ1n) is 10.8. The molecular weight excluding hydrogens is 400 g/mol. The Balaban J connectivity index is 1.35. The summed E-state index contributed by atoms with van der Waals surface area (Å²) in [6.07, 6.45) is 2.25. The Morgan fingerprint density at radius 2 is 1.59 bits per heavy atom. The number of carbonyl (C=O) groups is 1. The maximum Gasteiger partial charge on any atom is 0.333 e. The molecule has 0 spiro atoms. The Kier molecular flexibility index (Phi) is 8.92. The molecule has 3 aromatic carbocycles. The number of methoxy groups -OCH3 is 1. The number of aliphatic carboxylic acids is 1. The highest BCUT2D eigenvalue weighted by Crippen LogP contribution is 2.22. The Bertz CT molecular complexity index is 1030. The molecule has 0 unspecified atom stereocenters. The molecule has 0 radical (unpaired) electrons. The van der Waals surface area contributed by atoms with Gasteiger partial charge in [0.05, 0.1) is 6.61 Å². The third-order valence-electron chi connectivity index (χ3n) is 5.09. The zero-order valence-corrected chi connectivity index (χ0v) is 18.3. The average Bonchev–Trinajstić information content (AvgIpc) is 2.83. The summed E-state index contributed by atoms with van der Waals surface area (Å²) in [4.78, 5) is 11.0. The Morgan fingerprint density at radius 1 is 0.906 bits per heavy atom. The minimum absolute atomic E-state index is 0.342. The number of hydrogen-bond donors (Lipinski definition) is 1. The minimum atomic E-state index is -0.954. The van der Waals surface area contributed by atoms with Crippen molar-refractivity contribution in [2.24, 2.45) is 0 Å². The fraction of sp³-hybridized carbons (Fsp3) is 0.250. The molecule has 32 heavy (non-hydrogen) atoms. The van der Waals surface area contributed by atoms with Gasteiger partial charge in [-0.2, -0.15) is 0 Å². The summed E-state index contributed by atoms with van der Waals surface area (Å²) >= 11 is 0. The Labute approximate surface area is 189 Å². The van der Waals surface area contributed by atoms with Crippen molar-refractivity contribution in [3.05, 3.63) is 90.0 Å². The molecule has 0 fully saturated rings. The van der Waals surface area contributed by atoms with Gasteiger partial charge < -0.3 is 14.6 Å². The van der Waals surface area contributed by atoms with Crippen molar-refractivity contribution in [3.8, 4) is 28.7 Å². The third-order valence-corrected chi connectivity index (χ3v) is 5.09. The van der Waals surface area contributed by atoms with Crippen LogP contribution in [0.4, 0.5) is 0 Å². The molecule has 0 saturated carbocycles. The molecule has 0 bridgehead atoms. The summed E-state index contributed by atoms with van der Waals surface area (Å²) in [5.74, 6) is 6.27. The zero-order valence-electron chi connectivity index (χ0n) is 18.3. The van der Waals surface area contributed by atoms with E-state index in [2.05, 4.69) is 36.1 Å². The van der Waals surface area contributed by atoms with Crippen molar-refractivity contribution in [3.63, 3.8) is 0 Å². The lowest BCUT2D eigenvalue weighted by Crippen LogP contribution is -2.24. The van der Waals surface area contributed by atoms with Gasteiger partial charge in [-0.05, 0) is 53.8 Å². The third kappa shape index (κ3) is 7.30. The molecule has 4 nitrogen and oxygen atoms in total. The van der Waals surface area contributed by atoms with Gasteiger partial charge >= 0.3 is 5.97 Å². The predicted octanol–water partition coefficient (Wildman–Crippen LogP) is 5.60. The van der Waals surface area contributed by atoms with Crippen LogP contribution >= 0.6 is 0 Å². The van der Waals surface area contributed by atoms with Gasteiger partial charge in [-0.25, -0.2) is 4.79 Å². The van der Waals surface area contributed by atoms with Crippen LogP contribution < -0.4 is 4.74 Å². The highest BCUT2D eigenvalue weighted by molar-refractivity contribution is 5.72. The van der Waals surface area contributed by atoms with Crippen LogP contribution in [0.3, 0.4) is 0 Å². The van der Waals surface area contributed by atoms with Gasteiger partial charge in [0.2, 0.25) is 0 Å². The van der Waals surface area contributed by atoms with E-state index in [-0.39, 0.29) is 0 Å². The molecule has 1 N–H and O–H groups in total. The van der Waals surface area contributed by atoms with Gasteiger partial charge in [-0.15, -0.1) is 0 Å². The van der Waals surface area contributed by atoms with Crippen molar-refractivity contribution in [1.29, 1.82) is 0 Å². The standard InChI is InChI=1S/C28H28O4/c1-31-27(28(29)30)21-23-14-12-22(13-15-23)9-5-2-3-8-20-32-26-18-16-25(17-19-26)24-10-6-4-7-11-24/h4,6-7,10-19,27H,2-3,8,20-21H2,1H3,(H,29,30)/t27-/m0/s1. The summed E-state index contributed by atoms with van der Waals surface area (Å²) in [5, 5.41) is 9.06. The lowest BCUT2D eigenvalue weighted by atomic mass is 10.1. The molecule has 0 aliphatic rings. The normalized spacial score (nSPS) is 11.3. The van der Waals surface area contributed by atoms with Gasteiger partial charge in [0.1, 0.15) is 5.75 Å². The maximum atomic E-state index is 11.0. The van der Waals surface area contributed by atoms with Crippen molar-refractivity contribution < 1.29 is 19.4 Å². The molecule has 0 aliphatic heterocycles. The molecule has 0 heterocycles. The number of carboxylic acids is 1. The SMILES string of the molecule is CO[C@@H](Cc1ccc(C#CCCCCOc2ccc(-c3ccccc3)cc2)cc1)C(=O)O. The number of hydrogen-bond acceptors (Lipinski definition) is 3. The lowest BCUT2D eigenvalue weighted by Gasteiger charge is -2.09. The Morgan fingerprint density at radius 3 is 2.25 bits per heavy atom. The van der Waals surface area contributed by atoms with Gasteiger partial charge in [0.15, 0.2) is 6.10 Å². The van der Waals surface area contributed by atoms with Crippen LogP contribution in [0.2, 0.25) is 0 Å². The van der Waals surface area contributed by atoms with E-state index < -0.39 is 12.1 Å². The number of unbranched alkanes of at least 4 members (excludes halogenated alkanes) is 2. The number of ether oxygens (including phenoxy) is 2. The van der Waals surface area contributed by atoms with E-state index in [4.69, 9.17) is 14.6 Å². The summed E-state index contributed by atoms with van der Waals surface area (Å²) in [5.41, 5.74) is 4.22. The second kappa shape index (κ2) is 12.3. The molecule has 164 valence electrons. The predicted molar refractivity (Wildman–Crippen MR) is 127 cm³/mol. The molecule has 0 saturated heterocycles. The van der Waals surface area contributed by atoms with Crippen molar-refractivity contribution in [2.75, 3.05) is 13.7 Å². The smallest absolute Gasteiger partial charge is 0.333 e. The van der Waals surface area contributed by atoms with Gasteiger partial charge in [-0.3, -0.25) is 0 Å². The molecule has 3 aromatic rings. The fourth-order valence-corrected chi connectivity index (χ4v) is 3.25. The van der Waals surface area contributed by atoms with E-state index in [9.17, 15) is 4.79 Å². The van der Waals surface area contributed by atoms with Gasteiger partial charge in [0, 0.05) is 25.5 Å². The van der Waals surface area contributed by atoms with E-state index in [1.807, 2.05) is 54.6 Å². The maximum absolute atomic E-state index is 11.0. The summed E-state index contributed by atoms with van der Waals surface area (Å²) in [7, 11) is 1.41. The highest BCUT2D eigenvalue weighted by Gasteiger charge is 2.16. The van der Waals surface area contributed by atoms with E-state index in [0.29, 0.717) is 13.0 Å². The van der Waals surface area contributed by atoms with Crippen LogP contribution in [0.1, 0.15) is 30.4 Å². The summed E-state index contributed by atoms with van der Waals surface area (Å²) < 4.78 is 10.8. The van der Waals surface area contributed by atoms with Crippen LogP contribution in [-0.2, 0) is 16.0 Å². The topological polar surface area (TPSA) is 55.8 Å². The zero-order chi connectivity index (χ0) is 22.6. The van der Waals surface area contributed by atoms with Crippen LogP contribution in [0.25, 0.3) is 11.1 Å².